The molecule has 9 heteroatoms. The third-order valence-electron chi connectivity index (χ3n) is 6.25. The Kier molecular flexibility index (Phi) is 10.7. The van der Waals surface area contributed by atoms with Crippen molar-refractivity contribution in [2.75, 3.05) is 49.1 Å². The second-order valence-electron chi connectivity index (χ2n) is 8.43. The van der Waals surface area contributed by atoms with Gasteiger partial charge in [0.05, 0.1) is 22.9 Å². The number of benzene rings is 2. The normalized spacial score (nSPS) is 17.0. The van der Waals surface area contributed by atoms with Crippen molar-refractivity contribution < 1.29 is 14.0 Å². The van der Waals surface area contributed by atoms with E-state index in [0.29, 0.717) is 44.0 Å². The molecule has 0 aliphatic carbocycles. The second-order valence-corrected chi connectivity index (χ2v) is 8.43. The van der Waals surface area contributed by atoms with Crippen LogP contribution in [0.2, 0.25) is 0 Å². The SMILES string of the molecule is C=C.C=O.Cc1ccc(N2CCCC(N=O)C2)c(C(=O)N2CCN(c3ccc(C#N)cc3F)CC2)c1. The molecule has 8 nitrogen and oxygen atoms in total. The van der Waals surface area contributed by atoms with Gasteiger partial charge in [-0.15, -0.1) is 13.2 Å². The van der Waals surface area contributed by atoms with Crippen LogP contribution in [-0.4, -0.2) is 62.9 Å². The van der Waals surface area contributed by atoms with E-state index < -0.39 is 5.82 Å². The largest absolute Gasteiger partial charge is 0.369 e. The highest BCUT2D eigenvalue weighted by molar-refractivity contribution is 6.00. The van der Waals surface area contributed by atoms with Gasteiger partial charge in [0, 0.05) is 45.0 Å². The number of nitrogens with zero attached hydrogens (tertiary/aromatic N) is 5. The van der Waals surface area contributed by atoms with E-state index in [-0.39, 0.29) is 17.5 Å². The topological polar surface area (TPSA) is 97.1 Å². The van der Waals surface area contributed by atoms with Crippen LogP contribution in [0, 0.1) is 29.0 Å². The van der Waals surface area contributed by atoms with E-state index in [1.807, 2.05) is 42.9 Å². The van der Waals surface area contributed by atoms with Crippen LogP contribution < -0.4 is 9.80 Å². The molecule has 0 radical (unpaired) electrons. The minimum atomic E-state index is -0.423. The minimum Gasteiger partial charge on any atom is -0.369 e. The Bertz CT molecular complexity index is 1090. The number of anilines is 2. The predicted octanol–water partition coefficient (Wildman–Crippen LogP) is 4.32. The Morgan fingerprint density at radius 2 is 1.69 bits per heavy atom. The molecule has 2 saturated heterocycles. The number of nitroso groups, excluding NO2 is 1. The van der Waals surface area contributed by atoms with Crippen LogP contribution in [0.4, 0.5) is 15.8 Å². The number of amides is 1. The number of carbonyl (C=O) groups excluding carboxylic acids is 2. The molecule has 2 aromatic carbocycles. The van der Waals surface area contributed by atoms with Crippen LogP contribution in [0.25, 0.3) is 0 Å². The molecular formula is C27H32FN5O3. The lowest BCUT2D eigenvalue weighted by atomic mass is 10.0. The zero-order valence-electron chi connectivity index (χ0n) is 20.7. The third kappa shape index (κ3) is 6.54. The molecule has 2 aliphatic rings. The number of piperazine rings is 1. The Balaban J connectivity index is 0.00000109. The van der Waals surface area contributed by atoms with Crippen molar-refractivity contribution in [1.82, 2.24) is 4.90 Å². The van der Waals surface area contributed by atoms with Crippen LogP contribution in [0.1, 0.15) is 34.3 Å². The molecule has 2 heterocycles. The highest BCUT2D eigenvalue weighted by Gasteiger charge is 2.28. The maximum atomic E-state index is 14.4. The molecule has 4 rings (SSSR count). The molecular weight excluding hydrogens is 461 g/mol. The molecule has 1 amide bonds. The molecule has 190 valence electrons. The van der Waals surface area contributed by atoms with Gasteiger partial charge in [0.2, 0.25) is 0 Å². The highest BCUT2D eigenvalue weighted by Crippen LogP contribution is 2.28. The fourth-order valence-corrected chi connectivity index (χ4v) is 4.51. The standard InChI is InChI=1S/C24H26FN5O2.C2H4.CH2O/c1-17-4-6-22(30-8-2-3-19(16-30)27-32)20(13-17)24(31)29-11-9-28(10-12-29)23-7-5-18(15-26)14-21(23)25;2*1-2/h4-7,13-14,19H,2-3,8-12,16H2,1H3;1-2H2;1H2. The molecule has 0 spiro atoms. The van der Waals surface area contributed by atoms with E-state index in [1.54, 1.807) is 17.0 Å². The first-order valence-corrected chi connectivity index (χ1v) is 11.7. The summed E-state index contributed by atoms with van der Waals surface area (Å²) in [6.45, 7) is 13.2. The zero-order valence-corrected chi connectivity index (χ0v) is 20.7. The first kappa shape index (κ1) is 28.2. The molecule has 1 atom stereocenters. The summed E-state index contributed by atoms with van der Waals surface area (Å²) >= 11 is 0. The van der Waals surface area contributed by atoms with E-state index in [9.17, 15) is 14.1 Å². The Morgan fingerprint density at radius 3 is 2.31 bits per heavy atom. The predicted molar refractivity (Wildman–Crippen MR) is 140 cm³/mol. The second kappa shape index (κ2) is 13.7. The summed E-state index contributed by atoms with van der Waals surface area (Å²) in [5, 5.41) is 12.2. The van der Waals surface area contributed by atoms with Gasteiger partial charge in [0.1, 0.15) is 18.6 Å². The van der Waals surface area contributed by atoms with Crippen molar-refractivity contribution in [3.63, 3.8) is 0 Å². The Morgan fingerprint density at radius 1 is 1.03 bits per heavy atom. The van der Waals surface area contributed by atoms with Crippen molar-refractivity contribution in [2.45, 2.75) is 25.8 Å². The summed E-state index contributed by atoms with van der Waals surface area (Å²) in [4.78, 5) is 38.3. The molecule has 36 heavy (non-hydrogen) atoms. The van der Waals surface area contributed by atoms with Gasteiger partial charge in [0.25, 0.3) is 5.91 Å². The summed E-state index contributed by atoms with van der Waals surface area (Å²) in [6.07, 6.45) is 1.65. The number of carbonyl (C=O) groups is 2. The minimum absolute atomic E-state index is 0.0511. The molecule has 0 aromatic heterocycles. The number of hydrogen-bond acceptors (Lipinski definition) is 7. The first-order chi connectivity index (χ1) is 17.5. The third-order valence-corrected chi connectivity index (χ3v) is 6.25. The summed E-state index contributed by atoms with van der Waals surface area (Å²) in [7, 11) is 0. The van der Waals surface area contributed by atoms with Gasteiger partial charge in [-0.25, -0.2) is 4.39 Å². The van der Waals surface area contributed by atoms with E-state index >= 15 is 0 Å². The molecule has 1 unspecified atom stereocenters. The van der Waals surface area contributed by atoms with Gasteiger partial charge >= 0.3 is 0 Å². The monoisotopic (exact) mass is 493 g/mol. The molecule has 2 fully saturated rings. The fourth-order valence-electron chi connectivity index (χ4n) is 4.51. The van der Waals surface area contributed by atoms with E-state index in [0.717, 1.165) is 30.6 Å². The van der Waals surface area contributed by atoms with Crippen LogP contribution in [-0.2, 0) is 4.79 Å². The van der Waals surface area contributed by atoms with E-state index in [1.165, 1.54) is 6.07 Å². The Labute approximate surface area is 211 Å². The van der Waals surface area contributed by atoms with Crippen molar-refractivity contribution in [3.05, 3.63) is 77.0 Å². The molecule has 0 saturated carbocycles. The number of piperidine rings is 1. The average molecular weight is 494 g/mol. The van der Waals surface area contributed by atoms with Crippen molar-refractivity contribution >= 4 is 24.1 Å². The molecule has 2 aliphatic heterocycles. The van der Waals surface area contributed by atoms with Gasteiger partial charge in [-0.05, 0) is 50.1 Å². The van der Waals surface area contributed by atoms with Crippen LogP contribution in [0.3, 0.4) is 0 Å². The summed E-state index contributed by atoms with van der Waals surface area (Å²) in [6, 6.07) is 12.0. The molecule has 2 aromatic rings. The lowest BCUT2D eigenvalue weighted by molar-refractivity contribution is -0.0980. The van der Waals surface area contributed by atoms with Crippen molar-refractivity contribution in [3.8, 4) is 6.07 Å². The van der Waals surface area contributed by atoms with Crippen LogP contribution in [0.5, 0.6) is 0 Å². The molecule has 0 N–H and O–H groups in total. The maximum Gasteiger partial charge on any atom is 0.256 e. The number of rotatable bonds is 4. The zero-order chi connectivity index (χ0) is 26.7. The van der Waals surface area contributed by atoms with Gasteiger partial charge in [0.15, 0.2) is 0 Å². The number of aryl methyl sites for hydroxylation is 1. The van der Waals surface area contributed by atoms with Crippen molar-refractivity contribution in [1.29, 1.82) is 5.26 Å². The van der Waals surface area contributed by atoms with E-state index in [2.05, 4.69) is 23.2 Å². The van der Waals surface area contributed by atoms with Gasteiger partial charge < -0.3 is 19.5 Å². The van der Waals surface area contributed by atoms with E-state index in [4.69, 9.17) is 10.1 Å². The summed E-state index contributed by atoms with van der Waals surface area (Å²) < 4.78 is 14.4. The average Bonchev–Trinajstić information content (AvgIpc) is 2.95. The number of halogens is 1. The summed E-state index contributed by atoms with van der Waals surface area (Å²) in [5.74, 6) is -0.474. The first-order valence-electron chi connectivity index (χ1n) is 11.7. The fraction of sp³-hybridized carbons (Fsp3) is 0.370. The highest BCUT2D eigenvalue weighted by atomic mass is 19.1. The van der Waals surface area contributed by atoms with Gasteiger partial charge in [-0.1, -0.05) is 16.8 Å². The lowest BCUT2D eigenvalue weighted by Crippen LogP contribution is -2.49. The van der Waals surface area contributed by atoms with Crippen molar-refractivity contribution in [2.24, 2.45) is 5.18 Å². The quantitative estimate of drug-likeness (QED) is 0.465. The number of hydrogen-bond donors (Lipinski definition) is 0. The maximum absolute atomic E-state index is 14.4. The van der Waals surface area contributed by atoms with Gasteiger partial charge in [-0.2, -0.15) is 10.2 Å². The number of nitriles is 1. The Hall–Kier alpha value is -4.06. The van der Waals surface area contributed by atoms with Gasteiger partial charge in [-0.3, -0.25) is 4.79 Å². The smallest absolute Gasteiger partial charge is 0.256 e. The molecule has 0 bridgehead atoms. The van der Waals surface area contributed by atoms with Crippen LogP contribution in [0.15, 0.2) is 54.7 Å². The summed E-state index contributed by atoms with van der Waals surface area (Å²) in [5.41, 5.74) is 3.21. The lowest BCUT2D eigenvalue weighted by Gasteiger charge is -2.37. The van der Waals surface area contributed by atoms with Crippen LogP contribution >= 0.6 is 0 Å².